The van der Waals surface area contributed by atoms with E-state index >= 15 is 0 Å². The summed E-state index contributed by atoms with van der Waals surface area (Å²) in [6.07, 6.45) is 0.627. The van der Waals surface area contributed by atoms with Gasteiger partial charge in [0, 0.05) is 5.69 Å². The van der Waals surface area contributed by atoms with E-state index in [1.165, 1.54) is 0 Å². The van der Waals surface area contributed by atoms with E-state index in [9.17, 15) is 9.59 Å². The maximum Gasteiger partial charge on any atom is 0.313 e. The molecule has 0 saturated carbocycles. The highest BCUT2D eigenvalue weighted by Crippen LogP contribution is 2.20. The molecule has 24 heavy (non-hydrogen) atoms. The first-order chi connectivity index (χ1) is 11.5. The second kappa shape index (κ2) is 8.29. The molecule has 0 saturated heterocycles. The van der Waals surface area contributed by atoms with Gasteiger partial charge in [0.15, 0.2) is 6.61 Å². The third-order valence-corrected chi connectivity index (χ3v) is 4.03. The van der Waals surface area contributed by atoms with Crippen LogP contribution in [-0.2, 0) is 14.3 Å². The highest BCUT2D eigenvalue weighted by molar-refractivity contribution is 5.93. The molecular weight excluding hydrogens is 302 g/mol. The molecule has 0 heterocycles. The minimum atomic E-state index is -0.376. The van der Waals surface area contributed by atoms with E-state index in [0.29, 0.717) is 12.1 Å². The van der Waals surface area contributed by atoms with Crippen molar-refractivity contribution < 1.29 is 14.3 Å². The number of ether oxygens (including phenoxy) is 1. The molecule has 2 aromatic carbocycles. The van der Waals surface area contributed by atoms with E-state index in [4.69, 9.17) is 4.74 Å². The summed E-state index contributed by atoms with van der Waals surface area (Å²) in [5.74, 6) is -1.06. The van der Waals surface area contributed by atoms with Crippen LogP contribution in [0.2, 0.25) is 0 Å². The summed E-state index contributed by atoms with van der Waals surface area (Å²) >= 11 is 0. The minimum absolute atomic E-state index is 0.283. The molecule has 0 aliphatic rings. The van der Waals surface area contributed by atoms with Gasteiger partial charge in [0.1, 0.15) is 0 Å². The Hall–Kier alpha value is -2.62. The first-order valence-corrected chi connectivity index (χ1v) is 8.10. The second-order valence-corrected chi connectivity index (χ2v) is 5.83. The minimum Gasteiger partial charge on any atom is -0.455 e. The largest absolute Gasteiger partial charge is 0.455 e. The topological polar surface area (TPSA) is 55.4 Å². The Morgan fingerprint density at radius 3 is 2.38 bits per heavy atom. The molecule has 2 aromatic rings. The number of anilines is 1. The lowest BCUT2D eigenvalue weighted by molar-refractivity contribution is -0.149. The molecule has 4 nitrogen and oxygen atoms in total. The van der Waals surface area contributed by atoms with Crippen molar-refractivity contribution in [3.05, 3.63) is 65.2 Å². The summed E-state index contributed by atoms with van der Waals surface area (Å²) in [5.41, 5.74) is 3.86. The average Bonchev–Trinajstić information content (AvgIpc) is 2.58. The summed E-state index contributed by atoms with van der Waals surface area (Å²) in [4.78, 5) is 24.2. The predicted molar refractivity (Wildman–Crippen MR) is 95.0 cm³/mol. The van der Waals surface area contributed by atoms with Crippen LogP contribution < -0.4 is 5.32 Å². The van der Waals surface area contributed by atoms with Crippen molar-refractivity contribution in [1.29, 1.82) is 0 Å². The molecule has 0 unspecified atom stereocenters. The molecule has 1 amide bonds. The summed E-state index contributed by atoms with van der Waals surface area (Å²) in [6, 6.07) is 15.1. The van der Waals surface area contributed by atoms with Crippen LogP contribution in [0.5, 0.6) is 0 Å². The van der Waals surface area contributed by atoms with Crippen molar-refractivity contribution in [1.82, 2.24) is 0 Å². The standard InChI is InChI=1S/C20H23NO3/c1-4-18(16-8-6-5-7-9-16)20(23)24-13-19(22)21-17-11-10-14(2)15(3)12-17/h5-12,18H,4,13H2,1-3H3,(H,21,22)/t18-/m1/s1. The number of aryl methyl sites for hydroxylation is 2. The molecule has 4 heteroatoms. The Kier molecular flexibility index (Phi) is 6.13. The van der Waals surface area contributed by atoms with E-state index in [2.05, 4.69) is 5.32 Å². The van der Waals surface area contributed by atoms with Gasteiger partial charge in [0.05, 0.1) is 5.92 Å². The zero-order chi connectivity index (χ0) is 17.5. The van der Waals surface area contributed by atoms with Gasteiger partial charge >= 0.3 is 5.97 Å². The lowest BCUT2D eigenvalue weighted by Gasteiger charge is -2.14. The molecule has 0 aliphatic carbocycles. The molecule has 0 radical (unpaired) electrons. The Morgan fingerprint density at radius 2 is 1.75 bits per heavy atom. The van der Waals surface area contributed by atoms with E-state index in [1.54, 1.807) is 0 Å². The molecule has 0 spiro atoms. The zero-order valence-corrected chi connectivity index (χ0v) is 14.3. The van der Waals surface area contributed by atoms with Crippen LogP contribution in [0.25, 0.3) is 0 Å². The van der Waals surface area contributed by atoms with Gasteiger partial charge in [-0.15, -0.1) is 0 Å². The summed E-state index contributed by atoms with van der Waals surface area (Å²) in [5, 5.41) is 2.75. The molecular formula is C20H23NO3. The Bertz CT molecular complexity index is 710. The third kappa shape index (κ3) is 4.69. The van der Waals surface area contributed by atoms with Gasteiger partial charge in [-0.05, 0) is 49.1 Å². The van der Waals surface area contributed by atoms with Crippen molar-refractivity contribution in [3.8, 4) is 0 Å². The summed E-state index contributed by atoms with van der Waals surface area (Å²) in [7, 11) is 0. The molecule has 0 bridgehead atoms. The quantitative estimate of drug-likeness (QED) is 0.817. The summed E-state index contributed by atoms with van der Waals surface area (Å²) in [6.45, 7) is 5.64. The lowest BCUT2D eigenvalue weighted by atomic mass is 9.97. The lowest BCUT2D eigenvalue weighted by Crippen LogP contribution is -2.24. The maximum absolute atomic E-state index is 12.2. The normalized spacial score (nSPS) is 11.6. The Morgan fingerprint density at radius 1 is 1.04 bits per heavy atom. The van der Waals surface area contributed by atoms with Gasteiger partial charge in [-0.2, -0.15) is 0 Å². The molecule has 1 N–H and O–H groups in total. The first kappa shape index (κ1) is 17.7. The van der Waals surface area contributed by atoms with Crippen molar-refractivity contribution in [3.63, 3.8) is 0 Å². The van der Waals surface area contributed by atoms with Crippen LogP contribution in [0.1, 0.15) is 36.0 Å². The second-order valence-electron chi connectivity index (χ2n) is 5.83. The van der Waals surface area contributed by atoms with Crippen molar-refractivity contribution >= 4 is 17.6 Å². The van der Waals surface area contributed by atoms with Crippen LogP contribution in [0, 0.1) is 13.8 Å². The molecule has 0 aromatic heterocycles. The molecule has 0 aliphatic heterocycles. The van der Waals surface area contributed by atoms with Crippen LogP contribution in [-0.4, -0.2) is 18.5 Å². The molecule has 126 valence electrons. The highest BCUT2D eigenvalue weighted by atomic mass is 16.5. The van der Waals surface area contributed by atoms with Crippen LogP contribution in [0.3, 0.4) is 0 Å². The van der Waals surface area contributed by atoms with Crippen molar-refractivity contribution in [2.24, 2.45) is 0 Å². The number of benzene rings is 2. The average molecular weight is 325 g/mol. The number of esters is 1. The fraction of sp³-hybridized carbons (Fsp3) is 0.300. The third-order valence-electron chi connectivity index (χ3n) is 4.03. The monoisotopic (exact) mass is 325 g/mol. The summed E-state index contributed by atoms with van der Waals surface area (Å²) < 4.78 is 5.19. The molecule has 1 atom stereocenters. The number of carbonyl (C=O) groups excluding carboxylic acids is 2. The van der Waals surface area contributed by atoms with Gasteiger partial charge in [-0.1, -0.05) is 43.3 Å². The van der Waals surface area contributed by atoms with Gasteiger partial charge in [0.25, 0.3) is 5.91 Å². The zero-order valence-electron chi connectivity index (χ0n) is 14.3. The van der Waals surface area contributed by atoms with E-state index < -0.39 is 0 Å². The smallest absolute Gasteiger partial charge is 0.313 e. The number of amides is 1. The van der Waals surface area contributed by atoms with Crippen LogP contribution in [0.4, 0.5) is 5.69 Å². The van der Waals surface area contributed by atoms with Gasteiger partial charge in [0.2, 0.25) is 0 Å². The Labute approximate surface area is 142 Å². The molecule has 2 rings (SSSR count). The predicted octanol–water partition coefficient (Wildman–Crippen LogP) is 3.98. The van der Waals surface area contributed by atoms with E-state index in [-0.39, 0.29) is 24.4 Å². The number of carbonyl (C=O) groups is 2. The number of nitrogens with one attached hydrogen (secondary N) is 1. The van der Waals surface area contributed by atoms with E-state index in [0.717, 1.165) is 16.7 Å². The van der Waals surface area contributed by atoms with E-state index in [1.807, 2.05) is 69.3 Å². The fourth-order valence-electron chi connectivity index (χ4n) is 2.48. The van der Waals surface area contributed by atoms with Crippen LogP contribution in [0.15, 0.2) is 48.5 Å². The SMILES string of the molecule is CC[C@@H](C(=O)OCC(=O)Nc1ccc(C)c(C)c1)c1ccccc1. The maximum atomic E-state index is 12.2. The van der Waals surface area contributed by atoms with Gasteiger partial charge in [-0.25, -0.2) is 0 Å². The fourth-order valence-corrected chi connectivity index (χ4v) is 2.48. The first-order valence-electron chi connectivity index (χ1n) is 8.10. The van der Waals surface area contributed by atoms with Gasteiger partial charge in [-0.3, -0.25) is 9.59 Å². The van der Waals surface area contributed by atoms with Crippen molar-refractivity contribution in [2.45, 2.75) is 33.1 Å². The molecule has 0 fully saturated rings. The van der Waals surface area contributed by atoms with Gasteiger partial charge < -0.3 is 10.1 Å². The number of rotatable bonds is 6. The Balaban J connectivity index is 1.90. The number of hydrogen-bond acceptors (Lipinski definition) is 3. The van der Waals surface area contributed by atoms with Crippen LogP contribution >= 0.6 is 0 Å². The highest BCUT2D eigenvalue weighted by Gasteiger charge is 2.20. The van der Waals surface area contributed by atoms with Crippen molar-refractivity contribution in [2.75, 3.05) is 11.9 Å². The number of hydrogen-bond donors (Lipinski definition) is 1.